The number of carboxylic acids is 2. The van der Waals surface area contributed by atoms with Gasteiger partial charge in [0.15, 0.2) is 5.69 Å². The Labute approximate surface area is 138 Å². The summed E-state index contributed by atoms with van der Waals surface area (Å²) in [4.78, 5) is 37.4. The van der Waals surface area contributed by atoms with Gasteiger partial charge in [-0.05, 0) is 6.07 Å². The predicted molar refractivity (Wildman–Crippen MR) is 76.8 cm³/mol. The molecule has 2 N–H and O–H groups in total. The maximum atomic E-state index is 10.8. The molecular formula is C13H12F3N5O4. The molecule has 2 aromatic rings. The summed E-state index contributed by atoms with van der Waals surface area (Å²) in [5, 5.41) is 16.0. The average molecular weight is 359 g/mol. The summed E-state index contributed by atoms with van der Waals surface area (Å²) in [6, 6.07) is 1.35. The number of hydrogen-bond donors (Lipinski definition) is 2. The maximum absolute atomic E-state index is 10.8. The number of halogens is 3. The van der Waals surface area contributed by atoms with Gasteiger partial charge in [-0.2, -0.15) is 13.2 Å². The number of hydrogen-bond acceptors (Lipinski definition) is 7. The number of carbonyl (C=O) groups is 2. The molecule has 0 spiro atoms. The average Bonchev–Trinajstić information content (AvgIpc) is 2.55. The highest BCUT2D eigenvalue weighted by molar-refractivity contribution is 5.85. The third kappa shape index (κ3) is 6.76. The van der Waals surface area contributed by atoms with E-state index in [-0.39, 0.29) is 5.69 Å². The second-order valence-corrected chi connectivity index (χ2v) is 4.40. The fourth-order valence-corrected chi connectivity index (χ4v) is 1.38. The lowest BCUT2D eigenvalue weighted by Crippen LogP contribution is -2.21. The van der Waals surface area contributed by atoms with Crippen molar-refractivity contribution >= 4 is 17.9 Å². The summed E-state index contributed by atoms with van der Waals surface area (Å²) < 4.78 is 31.7. The van der Waals surface area contributed by atoms with Crippen LogP contribution in [0.4, 0.5) is 19.1 Å². The molecule has 2 rings (SSSR count). The van der Waals surface area contributed by atoms with Crippen LogP contribution in [0, 0.1) is 0 Å². The summed E-state index contributed by atoms with van der Waals surface area (Å²) >= 11 is 0. The minimum atomic E-state index is -5.08. The van der Waals surface area contributed by atoms with Crippen molar-refractivity contribution in [1.82, 2.24) is 19.9 Å². The molecule has 0 atom stereocenters. The van der Waals surface area contributed by atoms with E-state index in [4.69, 9.17) is 15.0 Å². The number of rotatable bonds is 4. The third-order valence-corrected chi connectivity index (χ3v) is 2.46. The number of aliphatic carboxylic acids is 1. The molecule has 0 saturated carbocycles. The molecule has 0 bridgehead atoms. The first-order chi connectivity index (χ1) is 11.6. The first-order valence-corrected chi connectivity index (χ1v) is 6.43. The molecule has 2 aromatic heterocycles. The van der Waals surface area contributed by atoms with Crippen molar-refractivity contribution in [3.8, 4) is 0 Å². The zero-order valence-corrected chi connectivity index (χ0v) is 12.7. The Morgan fingerprint density at radius 3 is 2.28 bits per heavy atom. The van der Waals surface area contributed by atoms with Crippen LogP contribution in [-0.2, 0) is 11.3 Å². The molecule has 134 valence electrons. The molecule has 0 unspecified atom stereocenters. The molecule has 2 heterocycles. The zero-order chi connectivity index (χ0) is 19.0. The van der Waals surface area contributed by atoms with Gasteiger partial charge in [0.2, 0.25) is 5.95 Å². The summed E-state index contributed by atoms with van der Waals surface area (Å²) in [6.45, 7) is 0.455. The molecule has 9 nitrogen and oxygen atoms in total. The van der Waals surface area contributed by atoms with E-state index < -0.39 is 18.1 Å². The van der Waals surface area contributed by atoms with E-state index in [2.05, 4.69) is 19.9 Å². The largest absolute Gasteiger partial charge is 0.490 e. The van der Waals surface area contributed by atoms with Crippen LogP contribution in [0.25, 0.3) is 0 Å². The molecule has 0 aliphatic rings. The third-order valence-electron chi connectivity index (χ3n) is 2.46. The number of aromatic nitrogens is 4. The minimum Gasteiger partial charge on any atom is -0.477 e. The van der Waals surface area contributed by atoms with Gasteiger partial charge in [-0.3, -0.25) is 9.97 Å². The number of alkyl halides is 3. The molecule has 12 heteroatoms. The first kappa shape index (κ1) is 19.7. The first-order valence-electron chi connectivity index (χ1n) is 6.43. The van der Waals surface area contributed by atoms with Crippen molar-refractivity contribution in [1.29, 1.82) is 0 Å². The van der Waals surface area contributed by atoms with E-state index in [1.807, 2.05) is 0 Å². The van der Waals surface area contributed by atoms with Crippen LogP contribution in [0.3, 0.4) is 0 Å². The quantitative estimate of drug-likeness (QED) is 0.828. The number of carboxylic acid groups (broad SMARTS) is 2. The van der Waals surface area contributed by atoms with Gasteiger partial charge in [0.05, 0.1) is 18.4 Å². The second-order valence-electron chi connectivity index (χ2n) is 4.40. The molecule has 0 aliphatic carbocycles. The fourth-order valence-electron chi connectivity index (χ4n) is 1.38. The van der Waals surface area contributed by atoms with Crippen molar-refractivity contribution in [3.05, 3.63) is 42.2 Å². The highest BCUT2D eigenvalue weighted by atomic mass is 19.4. The van der Waals surface area contributed by atoms with Gasteiger partial charge in [-0.25, -0.2) is 19.6 Å². The molecule has 0 fully saturated rings. The highest BCUT2D eigenvalue weighted by Crippen LogP contribution is 2.13. The smallest absolute Gasteiger partial charge is 0.477 e. The lowest BCUT2D eigenvalue weighted by molar-refractivity contribution is -0.192. The number of nitrogens with zero attached hydrogens (tertiary/aromatic N) is 5. The Morgan fingerprint density at radius 2 is 1.80 bits per heavy atom. The summed E-state index contributed by atoms with van der Waals surface area (Å²) in [5.74, 6) is -3.50. The molecule has 0 saturated heterocycles. The Kier molecular flexibility index (Phi) is 6.72. The summed E-state index contributed by atoms with van der Waals surface area (Å²) in [5.41, 5.74) is 0.718. The molecular weight excluding hydrogens is 347 g/mol. The van der Waals surface area contributed by atoms with E-state index in [1.54, 1.807) is 30.5 Å². The maximum Gasteiger partial charge on any atom is 0.490 e. The van der Waals surface area contributed by atoms with Crippen LogP contribution < -0.4 is 4.90 Å². The van der Waals surface area contributed by atoms with E-state index >= 15 is 0 Å². The number of aromatic carboxylic acids is 1. The lowest BCUT2D eigenvalue weighted by Gasteiger charge is -2.16. The standard InChI is InChI=1S/C11H11N5O2.C2HF3O2/c1-16(7-8-6-12-4-5-13-8)11-14-3-2-9(15-11)10(17)18;3-2(4,5)1(6)7/h2-6H,7H2,1H3,(H,17,18);(H,6,7). The lowest BCUT2D eigenvalue weighted by atomic mass is 10.4. The Hall–Kier alpha value is -3.31. The van der Waals surface area contributed by atoms with Crippen molar-refractivity contribution < 1.29 is 33.0 Å². The fraction of sp³-hybridized carbons (Fsp3) is 0.231. The molecule has 0 aliphatic heterocycles. The van der Waals surface area contributed by atoms with E-state index in [0.29, 0.717) is 12.5 Å². The normalized spacial score (nSPS) is 10.4. The van der Waals surface area contributed by atoms with Crippen molar-refractivity contribution in [2.24, 2.45) is 0 Å². The highest BCUT2D eigenvalue weighted by Gasteiger charge is 2.38. The Balaban J connectivity index is 0.000000381. The van der Waals surface area contributed by atoms with Crippen molar-refractivity contribution in [3.63, 3.8) is 0 Å². The van der Waals surface area contributed by atoms with Crippen LogP contribution in [0.2, 0.25) is 0 Å². The van der Waals surface area contributed by atoms with E-state index in [9.17, 15) is 18.0 Å². The minimum absolute atomic E-state index is 0.0361. The molecule has 25 heavy (non-hydrogen) atoms. The molecule has 0 radical (unpaired) electrons. The monoisotopic (exact) mass is 359 g/mol. The van der Waals surface area contributed by atoms with Crippen LogP contribution in [0.1, 0.15) is 16.2 Å². The SMILES string of the molecule is CN(Cc1cnccn1)c1nccc(C(=O)O)n1.O=C(O)C(F)(F)F. The van der Waals surface area contributed by atoms with E-state index in [1.165, 1.54) is 12.3 Å². The van der Waals surface area contributed by atoms with Gasteiger partial charge in [-0.1, -0.05) is 0 Å². The second kappa shape index (κ2) is 8.52. The zero-order valence-electron chi connectivity index (χ0n) is 12.7. The topological polar surface area (TPSA) is 129 Å². The summed E-state index contributed by atoms with van der Waals surface area (Å²) in [6.07, 6.45) is 1.15. The summed E-state index contributed by atoms with van der Waals surface area (Å²) in [7, 11) is 1.76. The van der Waals surface area contributed by atoms with Gasteiger partial charge in [0.1, 0.15) is 0 Å². The van der Waals surface area contributed by atoms with Crippen molar-refractivity contribution in [2.75, 3.05) is 11.9 Å². The molecule has 0 amide bonds. The number of anilines is 1. The Bertz CT molecular complexity index is 727. The Morgan fingerprint density at radius 1 is 1.16 bits per heavy atom. The predicted octanol–water partition coefficient (Wildman–Crippen LogP) is 1.23. The van der Waals surface area contributed by atoms with Gasteiger partial charge >= 0.3 is 18.1 Å². The van der Waals surface area contributed by atoms with Crippen LogP contribution in [0.5, 0.6) is 0 Å². The van der Waals surface area contributed by atoms with Crippen molar-refractivity contribution in [2.45, 2.75) is 12.7 Å². The van der Waals surface area contributed by atoms with Gasteiger partial charge < -0.3 is 15.1 Å². The van der Waals surface area contributed by atoms with Crippen LogP contribution in [0.15, 0.2) is 30.9 Å². The van der Waals surface area contributed by atoms with Gasteiger partial charge in [-0.15, -0.1) is 0 Å². The van der Waals surface area contributed by atoms with Gasteiger partial charge in [0, 0.05) is 25.6 Å². The molecule has 0 aromatic carbocycles. The van der Waals surface area contributed by atoms with Crippen LogP contribution in [-0.4, -0.2) is 55.3 Å². The van der Waals surface area contributed by atoms with E-state index in [0.717, 1.165) is 5.69 Å². The van der Waals surface area contributed by atoms with Gasteiger partial charge in [0.25, 0.3) is 0 Å². The van der Waals surface area contributed by atoms with Crippen LogP contribution >= 0.6 is 0 Å².